The molecule has 2 rings (SSSR count). The maximum atomic E-state index is 12.3. The second-order valence-electron chi connectivity index (χ2n) is 5.82. The summed E-state index contributed by atoms with van der Waals surface area (Å²) in [5, 5.41) is 3.64. The first kappa shape index (κ1) is 15.9. The van der Waals surface area contributed by atoms with E-state index in [1.807, 2.05) is 6.92 Å². The Morgan fingerprint density at radius 2 is 2.00 bits per heavy atom. The van der Waals surface area contributed by atoms with Crippen LogP contribution in [0.25, 0.3) is 0 Å². The van der Waals surface area contributed by atoms with Crippen LogP contribution in [0.5, 0.6) is 0 Å². The topological polar surface area (TPSA) is 85.1 Å². The van der Waals surface area contributed by atoms with E-state index in [9.17, 15) is 9.59 Å². The van der Waals surface area contributed by atoms with E-state index in [0.29, 0.717) is 22.9 Å². The lowest BCUT2D eigenvalue weighted by molar-refractivity contribution is -0.120. The SMILES string of the molecule is Cc1nc(C)c(C(=O)N[C@@H](CC2CCCCC2)C(N)=O)s1. The Morgan fingerprint density at radius 1 is 1.33 bits per heavy atom. The molecule has 1 atom stereocenters. The highest BCUT2D eigenvalue weighted by molar-refractivity contribution is 7.13. The zero-order chi connectivity index (χ0) is 15.4. The highest BCUT2D eigenvalue weighted by atomic mass is 32.1. The van der Waals surface area contributed by atoms with Crippen molar-refractivity contribution in [3.63, 3.8) is 0 Å². The van der Waals surface area contributed by atoms with Crippen LogP contribution in [0.2, 0.25) is 0 Å². The van der Waals surface area contributed by atoms with Crippen LogP contribution in [0.4, 0.5) is 0 Å². The first-order valence-electron chi connectivity index (χ1n) is 7.51. The van der Waals surface area contributed by atoms with Crippen molar-refractivity contribution >= 4 is 23.2 Å². The molecule has 3 N–H and O–H groups in total. The minimum Gasteiger partial charge on any atom is -0.368 e. The summed E-state index contributed by atoms with van der Waals surface area (Å²) in [5.41, 5.74) is 6.16. The van der Waals surface area contributed by atoms with Crippen LogP contribution >= 0.6 is 11.3 Å². The van der Waals surface area contributed by atoms with Crippen molar-refractivity contribution in [2.45, 2.75) is 58.4 Å². The van der Waals surface area contributed by atoms with Crippen molar-refractivity contribution < 1.29 is 9.59 Å². The molecule has 0 saturated heterocycles. The molecule has 1 aromatic rings. The molecule has 1 aliphatic rings. The number of aromatic nitrogens is 1. The van der Waals surface area contributed by atoms with Crippen molar-refractivity contribution in [3.8, 4) is 0 Å². The minimum absolute atomic E-state index is 0.238. The van der Waals surface area contributed by atoms with Gasteiger partial charge in [-0.05, 0) is 26.2 Å². The number of primary amides is 1. The second kappa shape index (κ2) is 7.02. The summed E-state index contributed by atoms with van der Waals surface area (Å²) in [6.45, 7) is 3.67. The summed E-state index contributed by atoms with van der Waals surface area (Å²) in [7, 11) is 0. The standard InChI is InChI=1S/C15H23N3O2S/c1-9-13(21-10(2)17-9)15(20)18-12(14(16)19)8-11-6-4-3-5-7-11/h11-12H,3-8H2,1-2H3,(H2,16,19)(H,18,20)/t12-/m0/s1. The van der Waals surface area contributed by atoms with Crippen LogP contribution in [-0.2, 0) is 4.79 Å². The molecular weight excluding hydrogens is 286 g/mol. The Hall–Kier alpha value is -1.43. The molecule has 1 fully saturated rings. The van der Waals surface area contributed by atoms with Gasteiger partial charge in [0.05, 0.1) is 10.7 Å². The van der Waals surface area contributed by atoms with Crippen molar-refractivity contribution in [2.24, 2.45) is 11.7 Å². The average molecular weight is 309 g/mol. The third-order valence-electron chi connectivity index (χ3n) is 4.05. The van der Waals surface area contributed by atoms with Crippen LogP contribution in [-0.4, -0.2) is 22.8 Å². The molecule has 21 heavy (non-hydrogen) atoms. The average Bonchev–Trinajstić information content (AvgIpc) is 2.78. The van der Waals surface area contributed by atoms with Gasteiger partial charge in [0.15, 0.2) is 0 Å². The molecule has 0 aliphatic heterocycles. The van der Waals surface area contributed by atoms with E-state index in [0.717, 1.165) is 17.8 Å². The molecule has 1 heterocycles. The van der Waals surface area contributed by atoms with E-state index >= 15 is 0 Å². The maximum absolute atomic E-state index is 12.3. The van der Waals surface area contributed by atoms with Gasteiger partial charge < -0.3 is 11.1 Å². The largest absolute Gasteiger partial charge is 0.368 e. The smallest absolute Gasteiger partial charge is 0.263 e. The van der Waals surface area contributed by atoms with Crippen LogP contribution in [0.1, 0.15) is 58.9 Å². The van der Waals surface area contributed by atoms with E-state index < -0.39 is 11.9 Å². The van der Waals surface area contributed by atoms with Gasteiger partial charge in [-0.25, -0.2) is 4.98 Å². The van der Waals surface area contributed by atoms with E-state index in [1.54, 1.807) is 6.92 Å². The maximum Gasteiger partial charge on any atom is 0.263 e. The highest BCUT2D eigenvalue weighted by Crippen LogP contribution is 2.27. The molecule has 116 valence electrons. The Balaban J connectivity index is 2.00. The van der Waals surface area contributed by atoms with Crippen molar-refractivity contribution in [2.75, 3.05) is 0 Å². The monoisotopic (exact) mass is 309 g/mol. The van der Waals surface area contributed by atoms with Gasteiger partial charge in [0.1, 0.15) is 10.9 Å². The predicted octanol–water partition coefficient (Wildman–Crippen LogP) is 2.31. The zero-order valence-corrected chi connectivity index (χ0v) is 13.5. The van der Waals surface area contributed by atoms with Gasteiger partial charge >= 0.3 is 0 Å². The number of nitrogens with two attached hydrogens (primary N) is 1. The molecule has 1 saturated carbocycles. The third kappa shape index (κ3) is 4.27. The van der Waals surface area contributed by atoms with E-state index in [1.165, 1.54) is 30.6 Å². The van der Waals surface area contributed by atoms with Gasteiger partial charge in [-0.15, -0.1) is 11.3 Å². The first-order valence-corrected chi connectivity index (χ1v) is 8.33. The van der Waals surface area contributed by atoms with Crippen molar-refractivity contribution in [1.29, 1.82) is 0 Å². The molecule has 1 aromatic heterocycles. The van der Waals surface area contributed by atoms with Gasteiger partial charge in [-0.1, -0.05) is 32.1 Å². The number of carbonyl (C=O) groups is 2. The number of nitrogens with zero attached hydrogens (tertiary/aromatic N) is 1. The van der Waals surface area contributed by atoms with E-state index in [4.69, 9.17) is 5.73 Å². The number of aryl methyl sites for hydroxylation is 2. The van der Waals surface area contributed by atoms with Crippen molar-refractivity contribution in [3.05, 3.63) is 15.6 Å². The summed E-state index contributed by atoms with van der Waals surface area (Å²) < 4.78 is 0. The highest BCUT2D eigenvalue weighted by Gasteiger charge is 2.25. The Bertz CT molecular complexity index is 521. The minimum atomic E-state index is -0.581. The molecule has 1 aliphatic carbocycles. The normalized spacial score (nSPS) is 17.4. The first-order chi connectivity index (χ1) is 9.97. The lowest BCUT2D eigenvalue weighted by Gasteiger charge is -2.25. The molecule has 0 spiro atoms. The molecule has 2 amide bonds. The van der Waals surface area contributed by atoms with Crippen LogP contribution in [0, 0.1) is 19.8 Å². The number of carbonyl (C=O) groups excluding carboxylic acids is 2. The fraction of sp³-hybridized carbons (Fsp3) is 0.667. The number of hydrogen-bond donors (Lipinski definition) is 2. The summed E-state index contributed by atoms with van der Waals surface area (Å²) in [6.07, 6.45) is 6.58. The molecule has 0 bridgehead atoms. The van der Waals surface area contributed by atoms with E-state index in [-0.39, 0.29) is 5.91 Å². The zero-order valence-electron chi connectivity index (χ0n) is 12.6. The van der Waals surface area contributed by atoms with Gasteiger partial charge in [0.2, 0.25) is 5.91 Å². The molecule has 6 heteroatoms. The van der Waals surface area contributed by atoms with Crippen LogP contribution in [0.15, 0.2) is 0 Å². The number of hydrogen-bond acceptors (Lipinski definition) is 4. The summed E-state index contributed by atoms with van der Waals surface area (Å²) in [6, 6.07) is -0.581. The number of amides is 2. The van der Waals surface area contributed by atoms with E-state index in [2.05, 4.69) is 10.3 Å². The molecular formula is C15H23N3O2S. The molecule has 0 unspecified atom stereocenters. The van der Waals surface area contributed by atoms with Crippen LogP contribution in [0.3, 0.4) is 0 Å². The third-order valence-corrected chi connectivity index (χ3v) is 5.12. The summed E-state index contributed by atoms with van der Waals surface area (Å²) >= 11 is 1.35. The number of thiazole rings is 1. The Morgan fingerprint density at radius 3 is 2.52 bits per heavy atom. The summed E-state index contributed by atoms with van der Waals surface area (Å²) in [4.78, 5) is 28.7. The molecule has 0 radical (unpaired) electrons. The fourth-order valence-electron chi connectivity index (χ4n) is 2.97. The quantitative estimate of drug-likeness (QED) is 0.875. The Kier molecular flexibility index (Phi) is 5.33. The molecule has 5 nitrogen and oxygen atoms in total. The second-order valence-corrected chi connectivity index (χ2v) is 7.02. The van der Waals surface area contributed by atoms with Gasteiger partial charge in [0, 0.05) is 0 Å². The van der Waals surface area contributed by atoms with Gasteiger partial charge in [-0.3, -0.25) is 9.59 Å². The molecule has 0 aromatic carbocycles. The lowest BCUT2D eigenvalue weighted by atomic mass is 9.84. The van der Waals surface area contributed by atoms with Crippen LogP contribution < -0.4 is 11.1 Å². The lowest BCUT2D eigenvalue weighted by Crippen LogP contribution is -2.45. The number of rotatable bonds is 5. The van der Waals surface area contributed by atoms with Gasteiger partial charge in [0.25, 0.3) is 5.91 Å². The Labute approximate surface area is 129 Å². The number of nitrogens with one attached hydrogen (secondary N) is 1. The summed E-state index contributed by atoms with van der Waals surface area (Å²) in [5.74, 6) is -0.202. The predicted molar refractivity (Wildman–Crippen MR) is 83.2 cm³/mol. The fourth-order valence-corrected chi connectivity index (χ4v) is 3.79. The van der Waals surface area contributed by atoms with Gasteiger partial charge in [-0.2, -0.15) is 0 Å². The van der Waals surface area contributed by atoms with Crippen molar-refractivity contribution in [1.82, 2.24) is 10.3 Å².